The Kier molecular flexibility index (Phi) is 5.21. The van der Waals surface area contributed by atoms with Crippen LogP contribution in [0.5, 0.6) is 0 Å². The van der Waals surface area contributed by atoms with Crippen LogP contribution in [0, 0.1) is 5.41 Å². The zero-order valence-corrected chi connectivity index (χ0v) is 10.7. The van der Waals surface area contributed by atoms with Crippen LogP contribution >= 0.6 is 0 Å². The van der Waals surface area contributed by atoms with Gasteiger partial charge in [-0.05, 0) is 19.4 Å². The first-order valence-electron chi connectivity index (χ1n) is 5.26. The third-order valence-electron chi connectivity index (χ3n) is 1.84. The molecule has 0 aromatic heterocycles. The highest BCUT2D eigenvalue weighted by molar-refractivity contribution is 5.87. The van der Waals surface area contributed by atoms with Crippen LogP contribution in [0.3, 0.4) is 0 Å². The Balaban J connectivity index is 4.16. The first-order chi connectivity index (χ1) is 7.14. The van der Waals surface area contributed by atoms with Crippen LogP contribution in [0.1, 0.15) is 34.6 Å². The lowest BCUT2D eigenvalue weighted by atomic mass is 9.95. The van der Waals surface area contributed by atoms with Gasteiger partial charge in [0.05, 0.1) is 0 Å². The number of hydrogen-bond acceptors (Lipinski definition) is 3. The van der Waals surface area contributed by atoms with Crippen molar-refractivity contribution in [1.29, 1.82) is 0 Å². The van der Waals surface area contributed by atoms with Crippen LogP contribution in [-0.4, -0.2) is 24.5 Å². The van der Waals surface area contributed by atoms with Gasteiger partial charge in [-0.25, -0.2) is 4.79 Å². The molecule has 1 amide bonds. The maximum absolute atomic E-state index is 11.6. The topological polar surface area (TPSA) is 55.4 Å². The summed E-state index contributed by atoms with van der Waals surface area (Å²) in [5.41, 5.74) is 0.255. The summed E-state index contributed by atoms with van der Waals surface area (Å²) in [6, 6.07) is -0.633. The van der Waals surface area contributed by atoms with Gasteiger partial charge in [0.1, 0.15) is 12.6 Å². The van der Waals surface area contributed by atoms with E-state index in [1.165, 1.54) is 0 Å². The highest BCUT2D eigenvalue weighted by Gasteiger charge is 2.25. The molecule has 0 aliphatic heterocycles. The van der Waals surface area contributed by atoms with Crippen molar-refractivity contribution in [2.24, 2.45) is 5.41 Å². The monoisotopic (exact) mass is 227 g/mol. The maximum Gasteiger partial charge on any atom is 0.328 e. The molecule has 0 aliphatic rings. The van der Waals surface area contributed by atoms with E-state index >= 15 is 0 Å². The maximum atomic E-state index is 11.6. The van der Waals surface area contributed by atoms with Crippen molar-refractivity contribution in [3.63, 3.8) is 0 Å². The molecule has 0 aromatic rings. The molecule has 92 valence electrons. The minimum Gasteiger partial charge on any atom is -0.460 e. The number of esters is 1. The van der Waals surface area contributed by atoms with E-state index in [0.29, 0.717) is 0 Å². The van der Waals surface area contributed by atoms with E-state index < -0.39 is 17.4 Å². The lowest BCUT2D eigenvalue weighted by molar-refractivity contribution is -0.147. The molecule has 0 aromatic carbocycles. The van der Waals surface area contributed by atoms with Crippen molar-refractivity contribution in [3.8, 4) is 0 Å². The summed E-state index contributed by atoms with van der Waals surface area (Å²) in [4.78, 5) is 23.0. The summed E-state index contributed by atoms with van der Waals surface area (Å²) in [5.74, 6) is -0.618. The van der Waals surface area contributed by atoms with E-state index in [1.54, 1.807) is 34.6 Å². The Morgan fingerprint density at radius 1 is 1.38 bits per heavy atom. The Labute approximate surface area is 97.1 Å². The first-order valence-corrected chi connectivity index (χ1v) is 5.26. The van der Waals surface area contributed by atoms with Gasteiger partial charge in [-0.3, -0.25) is 4.79 Å². The molecule has 0 saturated heterocycles. The Bertz CT molecular complexity index is 289. The van der Waals surface area contributed by atoms with Crippen molar-refractivity contribution >= 4 is 11.9 Å². The normalized spacial score (nSPS) is 12.8. The smallest absolute Gasteiger partial charge is 0.328 e. The highest BCUT2D eigenvalue weighted by Crippen LogP contribution is 2.12. The third kappa shape index (κ3) is 5.53. The molecule has 0 saturated carbocycles. The second kappa shape index (κ2) is 5.68. The van der Waals surface area contributed by atoms with Crippen molar-refractivity contribution in [2.45, 2.75) is 40.7 Å². The average molecular weight is 227 g/mol. The highest BCUT2D eigenvalue weighted by atomic mass is 16.5. The van der Waals surface area contributed by atoms with Crippen LogP contribution in [-0.2, 0) is 14.3 Å². The summed E-state index contributed by atoms with van der Waals surface area (Å²) in [5, 5.41) is 2.60. The molecule has 0 bridgehead atoms. The van der Waals surface area contributed by atoms with Gasteiger partial charge in [-0.1, -0.05) is 27.4 Å². The molecule has 1 atom stereocenters. The molecule has 0 spiro atoms. The van der Waals surface area contributed by atoms with E-state index in [0.717, 1.165) is 5.57 Å². The molecule has 0 rings (SSSR count). The Hall–Kier alpha value is -1.32. The summed E-state index contributed by atoms with van der Waals surface area (Å²) >= 11 is 0. The largest absolute Gasteiger partial charge is 0.460 e. The standard InChI is InChI=1S/C12H21NO3/c1-8(2)7-16-10(14)9(3)13-11(15)12(4,5)6/h9H,1,7H2,2-6H3,(H,13,15). The van der Waals surface area contributed by atoms with Crippen molar-refractivity contribution in [1.82, 2.24) is 5.32 Å². The van der Waals surface area contributed by atoms with Crippen molar-refractivity contribution < 1.29 is 14.3 Å². The number of carbonyl (C=O) groups is 2. The number of carbonyl (C=O) groups excluding carboxylic acids is 2. The zero-order chi connectivity index (χ0) is 12.9. The molecule has 0 aliphatic carbocycles. The molecular weight excluding hydrogens is 206 g/mol. The molecule has 1 N–H and O–H groups in total. The lowest BCUT2D eigenvalue weighted by Gasteiger charge is -2.20. The van der Waals surface area contributed by atoms with Crippen LogP contribution in [0.25, 0.3) is 0 Å². The van der Waals surface area contributed by atoms with Crippen molar-refractivity contribution in [3.05, 3.63) is 12.2 Å². The van der Waals surface area contributed by atoms with Crippen LogP contribution in [0.2, 0.25) is 0 Å². The number of amides is 1. The minimum atomic E-state index is -0.633. The molecule has 1 unspecified atom stereocenters. The number of hydrogen-bond donors (Lipinski definition) is 1. The quantitative estimate of drug-likeness (QED) is 0.587. The summed E-state index contributed by atoms with van der Waals surface area (Å²) in [6.45, 7) is 12.5. The van der Waals surface area contributed by atoms with E-state index in [4.69, 9.17) is 4.74 Å². The lowest BCUT2D eigenvalue weighted by Crippen LogP contribution is -2.44. The van der Waals surface area contributed by atoms with Gasteiger partial charge in [0, 0.05) is 5.41 Å². The summed E-state index contributed by atoms with van der Waals surface area (Å²) in [6.07, 6.45) is 0. The summed E-state index contributed by atoms with van der Waals surface area (Å²) < 4.78 is 4.93. The predicted molar refractivity (Wildman–Crippen MR) is 62.8 cm³/mol. The van der Waals surface area contributed by atoms with Gasteiger partial charge in [-0.15, -0.1) is 0 Å². The van der Waals surface area contributed by atoms with Gasteiger partial charge in [-0.2, -0.15) is 0 Å². The SMILES string of the molecule is C=C(C)COC(=O)C(C)NC(=O)C(C)(C)C. The molecule has 0 heterocycles. The van der Waals surface area contributed by atoms with Gasteiger partial charge in [0.25, 0.3) is 0 Å². The fourth-order valence-corrected chi connectivity index (χ4v) is 0.791. The van der Waals surface area contributed by atoms with Gasteiger partial charge in [0.2, 0.25) is 5.91 Å². The van der Waals surface area contributed by atoms with Gasteiger partial charge < -0.3 is 10.1 Å². The number of ether oxygens (including phenoxy) is 1. The fourth-order valence-electron chi connectivity index (χ4n) is 0.791. The number of rotatable bonds is 4. The Morgan fingerprint density at radius 3 is 2.25 bits per heavy atom. The minimum absolute atomic E-state index is 0.174. The van der Waals surface area contributed by atoms with E-state index in [9.17, 15) is 9.59 Å². The number of nitrogens with one attached hydrogen (secondary N) is 1. The van der Waals surface area contributed by atoms with E-state index in [-0.39, 0.29) is 12.5 Å². The molecule has 0 fully saturated rings. The van der Waals surface area contributed by atoms with E-state index in [2.05, 4.69) is 11.9 Å². The Morgan fingerprint density at radius 2 is 1.88 bits per heavy atom. The molecule has 0 radical (unpaired) electrons. The predicted octanol–water partition coefficient (Wildman–Crippen LogP) is 1.66. The molecule has 4 heteroatoms. The van der Waals surface area contributed by atoms with Crippen LogP contribution in [0.15, 0.2) is 12.2 Å². The molecular formula is C12H21NO3. The van der Waals surface area contributed by atoms with Crippen LogP contribution < -0.4 is 5.32 Å². The second-order valence-corrected chi connectivity index (χ2v) is 5.01. The van der Waals surface area contributed by atoms with Gasteiger partial charge >= 0.3 is 5.97 Å². The zero-order valence-electron chi connectivity index (χ0n) is 10.7. The summed E-state index contributed by atoms with van der Waals surface area (Å²) in [7, 11) is 0. The second-order valence-electron chi connectivity index (χ2n) is 5.01. The van der Waals surface area contributed by atoms with Crippen LogP contribution in [0.4, 0.5) is 0 Å². The van der Waals surface area contributed by atoms with Crippen molar-refractivity contribution in [2.75, 3.05) is 6.61 Å². The average Bonchev–Trinajstić information content (AvgIpc) is 2.12. The van der Waals surface area contributed by atoms with E-state index in [1.807, 2.05) is 0 Å². The molecule has 16 heavy (non-hydrogen) atoms. The molecule has 4 nitrogen and oxygen atoms in total. The third-order valence-corrected chi connectivity index (χ3v) is 1.84. The first kappa shape index (κ1) is 14.7. The fraction of sp³-hybridized carbons (Fsp3) is 0.667. The van der Waals surface area contributed by atoms with Gasteiger partial charge in [0.15, 0.2) is 0 Å².